The van der Waals surface area contributed by atoms with E-state index in [0.29, 0.717) is 0 Å². The first kappa shape index (κ1) is 14.0. The summed E-state index contributed by atoms with van der Waals surface area (Å²) in [5, 5.41) is 3.57. The Hall–Kier alpha value is -0.0400. The molecule has 0 amide bonds. The Kier molecular flexibility index (Phi) is 7.92. The van der Waals surface area contributed by atoms with Crippen molar-refractivity contribution >= 4 is 0 Å². The molecule has 0 aromatic rings. The average Bonchev–Trinajstić information content (AvgIpc) is 2.73. The summed E-state index contributed by atoms with van der Waals surface area (Å²) in [5.74, 6) is 1.94. The van der Waals surface area contributed by atoms with Crippen LogP contribution < -0.4 is 5.32 Å². The van der Waals surface area contributed by atoms with Gasteiger partial charge in [0, 0.05) is 0 Å². The average molecular weight is 224 g/mol. The fraction of sp³-hybridized carbons (Fsp3) is 0.933. The Labute approximate surface area is 102 Å². The van der Waals surface area contributed by atoms with E-state index in [9.17, 15) is 0 Å². The molecule has 16 heavy (non-hydrogen) atoms. The van der Waals surface area contributed by atoms with Crippen molar-refractivity contribution in [1.82, 2.24) is 5.32 Å². The molecular formula is C15H30N. The molecule has 2 unspecified atom stereocenters. The van der Waals surface area contributed by atoms with Gasteiger partial charge in [-0.15, -0.1) is 0 Å². The maximum atomic E-state index is 3.92. The number of nitrogens with one attached hydrogen (secondary N) is 1. The molecule has 1 nitrogen and oxygen atoms in total. The lowest BCUT2D eigenvalue weighted by Gasteiger charge is -2.18. The first-order valence-electron chi connectivity index (χ1n) is 7.38. The van der Waals surface area contributed by atoms with Crippen molar-refractivity contribution in [2.24, 2.45) is 11.8 Å². The van der Waals surface area contributed by atoms with Crippen LogP contribution in [0, 0.1) is 18.8 Å². The molecule has 1 rings (SSSR count). The molecule has 1 N–H and O–H groups in total. The molecule has 1 heterocycles. The second-order valence-corrected chi connectivity index (χ2v) is 5.38. The molecule has 95 valence electrons. The highest BCUT2D eigenvalue weighted by Crippen LogP contribution is 2.27. The van der Waals surface area contributed by atoms with E-state index in [0.717, 1.165) is 18.3 Å². The molecule has 0 saturated carbocycles. The molecule has 1 aliphatic rings. The molecule has 0 aromatic heterocycles. The second-order valence-electron chi connectivity index (χ2n) is 5.38. The Morgan fingerprint density at radius 1 is 0.938 bits per heavy atom. The third-order valence-corrected chi connectivity index (χ3v) is 3.98. The van der Waals surface area contributed by atoms with Crippen LogP contribution in [0.1, 0.15) is 64.7 Å². The van der Waals surface area contributed by atoms with Gasteiger partial charge in [0.2, 0.25) is 0 Å². The van der Waals surface area contributed by atoms with Crippen LogP contribution >= 0.6 is 0 Å². The van der Waals surface area contributed by atoms with E-state index in [-0.39, 0.29) is 0 Å². The number of hydrogen-bond donors (Lipinski definition) is 1. The van der Waals surface area contributed by atoms with Crippen LogP contribution in [0.25, 0.3) is 0 Å². The topological polar surface area (TPSA) is 12.0 Å². The zero-order chi connectivity index (χ0) is 11.6. The molecule has 0 aliphatic carbocycles. The highest BCUT2D eigenvalue weighted by atomic mass is 14.9. The Morgan fingerprint density at radius 2 is 1.56 bits per heavy atom. The van der Waals surface area contributed by atoms with E-state index >= 15 is 0 Å². The van der Waals surface area contributed by atoms with E-state index < -0.39 is 0 Å². The summed E-state index contributed by atoms with van der Waals surface area (Å²) in [6.45, 7) is 8.77. The van der Waals surface area contributed by atoms with E-state index in [2.05, 4.69) is 19.2 Å². The summed E-state index contributed by atoms with van der Waals surface area (Å²) < 4.78 is 0. The SMILES string of the molecule is [CH2]CCCCC1CNCC1CCCCCC. The third-order valence-electron chi connectivity index (χ3n) is 3.98. The maximum absolute atomic E-state index is 3.92. The standard InChI is InChI=1S/C15H30N/c1-3-5-7-9-11-15-13-16-12-14(15)10-8-6-4-2/h14-16H,2-13H2,1H3. The number of unbranched alkanes of at least 4 members (excludes halogenated alkanes) is 5. The fourth-order valence-electron chi connectivity index (χ4n) is 2.88. The van der Waals surface area contributed by atoms with Crippen LogP contribution in [0.4, 0.5) is 0 Å². The Balaban J connectivity index is 2.08. The molecule has 0 bridgehead atoms. The summed E-state index contributed by atoms with van der Waals surface area (Å²) >= 11 is 0. The quantitative estimate of drug-likeness (QED) is 0.579. The van der Waals surface area contributed by atoms with Crippen molar-refractivity contribution < 1.29 is 0 Å². The highest BCUT2D eigenvalue weighted by molar-refractivity contribution is 4.80. The summed E-state index contributed by atoms with van der Waals surface area (Å²) in [6.07, 6.45) is 12.4. The molecule has 2 atom stereocenters. The molecule has 0 aromatic carbocycles. The summed E-state index contributed by atoms with van der Waals surface area (Å²) in [6, 6.07) is 0. The van der Waals surface area contributed by atoms with Gasteiger partial charge in [-0.05, 0) is 37.8 Å². The van der Waals surface area contributed by atoms with Gasteiger partial charge in [0.15, 0.2) is 0 Å². The first-order valence-corrected chi connectivity index (χ1v) is 7.38. The van der Waals surface area contributed by atoms with Crippen LogP contribution in [0.15, 0.2) is 0 Å². The zero-order valence-electron chi connectivity index (χ0n) is 11.1. The predicted octanol–water partition coefficient (Wildman–Crippen LogP) is 4.19. The molecular weight excluding hydrogens is 194 g/mol. The van der Waals surface area contributed by atoms with Crippen molar-refractivity contribution in [1.29, 1.82) is 0 Å². The Bertz CT molecular complexity index is 156. The van der Waals surface area contributed by atoms with Gasteiger partial charge in [-0.3, -0.25) is 0 Å². The molecule has 0 spiro atoms. The largest absolute Gasteiger partial charge is 0.316 e. The minimum Gasteiger partial charge on any atom is -0.316 e. The van der Waals surface area contributed by atoms with Gasteiger partial charge in [0.05, 0.1) is 0 Å². The first-order chi connectivity index (χ1) is 7.88. The van der Waals surface area contributed by atoms with Gasteiger partial charge in [-0.25, -0.2) is 0 Å². The molecule has 1 aliphatic heterocycles. The summed E-state index contributed by atoms with van der Waals surface area (Å²) in [4.78, 5) is 0. The molecule has 1 fully saturated rings. The second kappa shape index (κ2) is 9.04. The van der Waals surface area contributed by atoms with Crippen molar-refractivity contribution in [2.45, 2.75) is 64.7 Å². The third kappa shape index (κ3) is 5.34. The van der Waals surface area contributed by atoms with Crippen LogP contribution in [0.5, 0.6) is 0 Å². The minimum atomic E-state index is 0.966. The van der Waals surface area contributed by atoms with Gasteiger partial charge >= 0.3 is 0 Å². The molecule has 1 saturated heterocycles. The van der Waals surface area contributed by atoms with E-state index in [1.165, 1.54) is 64.5 Å². The lowest BCUT2D eigenvalue weighted by molar-refractivity contribution is 0.349. The van der Waals surface area contributed by atoms with Crippen molar-refractivity contribution in [3.05, 3.63) is 6.92 Å². The van der Waals surface area contributed by atoms with Crippen LogP contribution in [-0.4, -0.2) is 13.1 Å². The monoisotopic (exact) mass is 224 g/mol. The van der Waals surface area contributed by atoms with Gasteiger partial charge in [-0.1, -0.05) is 58.8 Å². The normalized spacial score (nSPS) is 25.1. The van der Waals surface area contributed by atoms with Gasteiger partial charge in [0.1, 0.15) is 0 Å². The predicted molar refractivity (Wildman–Crippen MR) is 72.4 cm³/mol. The number of rotatable bonds is 9. The molecule has 1 heteroatoms. The maximum Gasteiger partial charge on any atom is -0.00173 e. The minimum absolute atomic E-state index is 0.966. The van der Waals surface area contributed by atoms with Crippen LogP contribution in [0.2, 0.25) is 0 Å². The smallest absolute Gasteiger partial charge is 0.00173 e. The van der Waals surface area contributed by atoms with Crippen molar-refractivity contribution in [2.75, 3.05) is 13.1 Å². The van der Waals surface area contributed by atoms with Gasteiger partial charge < -0.3 is 5.32 Å². The van der Waals surface area contributed by atoms with Gasteiger partial charge in [0.25, 0.3) is 0 Å². The van der Waals surface area contributed by atoms with E-state index in [1.807, 2.05) is 0 Å². The van der Waals surface area contributed by atoms with Crippen LogP contribution in [-0.2, 0) is 0 Å². The summed E-state index contributed by atoms with van der Waals surface area (Å²) in [7, 11) is 0. The molecule has 1 radical (unpaired) electrons. The van der Waals surface area contributed by atoms with Crippen LogP contribution in [0.3, 0.4) is 0 Å². The van der Waals surface area contributed by atoms with E-state index in [1.54, 1.807) is 0 Å². The lowest BCUT2D eigenvalue weighted by Crippen LogP contribution is -2.12. The van der Waals surface area contributed by atoms with Gasteiger partial charge in [-0.2, -0.15) is 0 Å². The fourth-order valence-corrected chi connectivity index (χ4v) is 2.88. The van der Waals surface area contributed by atoms with E-state index in [4.69, 9.17) is 0 Å². The van der Waals surface area contributed by atoms with Crippen molar-refractivity contribution in [3.63, 3.8) is 0 Å². The number of hydrogen-bond acceptors (Lipinski definition) is 1. The zero-order valence-corrected chi connectivity index (χ0v) is 11.1. The lowest BCUT2D eigenvalue weighted by atomic mass is 9.87. The van der Waals surface area contributed by atoms with Crippen molar-refractivity contribution in [3.8, 4) is 0 Å². The Morgan fingerprint density at radius 3 is 2.12 bits per heavy atom. The summed E-state index contributed by atoms with van der Waals surface area (Å²) in [5.41, 5.74) is 0. The highest BCUT2D eigenvalue weighted by Gasteiger charge is 2.25.